The van der Waals surface area contributed by atoms with E-state index in [0.29, 0.717) is 44.5 Å². The van der Waals surface area contributed by atoms with Crippen LogP contribution in [0, 0.1) is 5.92 Å². The lowest BCUT2D eigenvalue weighted by Gasteiger charge is -2.34. The van der Waals surface area contributed by atoms with E-state index >= 15 is 0 Å². The van der Waals surface area contributed by atoms with Gasteiger partial charge in [-0.25, -0.2) is 9.59 Å². The molecule has 3 amide bonds. The van der Waals surface area contributed by atoms with Crippen LogP contribution in [0.2, 0.25) is 0 Å². The van der Waals surface area contributed by atoms with Crippen LogP contribution in [-0.2, 0) is 25.5 Å². The zero-order valence-electron chi connectivity index (χ0n) is 20.9. The highest BCUT2D eigenvalue weighted by Crippen LogP contribution is 2.20. The fourth-order valence-corrected chi connectivity index (χ4v) is 4.34. The average molecular weight is 508 g/mol. The molecular formula is C25H37N3O6S. The number of alkyl carbamates (subject to hydrolysis) is 1. The Morgan fingerprint density at radius 2 is 1.71 bits per heavy atom. The summed E-state index contributed by atoms with van der Waals surface area (Å²) in [5, 5.41) is 14.7. The van der Waals surface area contributed by atoms with Crippen molar-refractivity contribution in [1.29, 1.82) is 0 Å². The average Bonchev–Trinajstić information content (AvgIpc) is 2.80. The van der Waals surface area contributed by atoms with Crippen LogP contribution in [0.3, 0.4) is 0 Å². The van der Waals surface area contributed by atoms with E-state index < -0.39 is 29.7 Å². The van der Waals surface area contributed by atoms with E-state index in [1.54, 1.807) is 25.7 Å². The molecule has 10 heteroatoms. The van der Waals surface area contributed by atoms with Crippen molar-refractivity contribution in [2.24, 2.45) is 5.92 Å². The van der Waals surface area contributed by atoms with Gasteiger partial charge in [-0.2, -0.15) is 11.8 Å². The highest BCUT2D eigenvalue weighted by molar-refractivity contribution is 7.98. The Kier molecular flexibility index (Phi) is 10.9. The molecule has 1 aliphatic heterocycles. The maximum absolute atomic E-state index is 13.3. The second-order valence-corrected chi connectivity index (χ2v) is 10.7. The van der Waals surface area contributed by atoms with Gasteiger partial charge in [0.25, 0.3) is 0 Å². The number of piperidine rings is 1. The Bertz CT molecular complexity index is 866. The SMILES string of the molecule is CSCC[C@H](NC(=O)C1CCN(C(=O)[C@H](Cc2ccccc2)NC(=O)OC(C)(C)C)CC1)C(=O)O. The van der Waals surface area contributed by atoms with Crippen LogP contribution in [-0.4, -0.2) is 76.7 Å². The molecule has 0 bridgehead atoms. The number of hydrogen-bond donors (Lipinski definition) is 3. The maximum Gasteiger partial charge on any atom is 0.408 e. The van der Waals surface area contributed by atoms with Crippen LogP contribution >= 0.6 is 11.8 Å². The molecule has 0 spiro atoms. The Morgan fingerprint density at radius 1 is 1.09 bits per heavy atom. The third-order valence-electron chi connectivity index (χ3n) is 5.67. The largest absolute Gasteiger partial charge is 0.480 e. The molecule has 9 nitrogen and oxygen atoms in total. The minimum atomic E-state index is -1.04. The summed E-state index contributed by atoms with van der Waals surface area (Å²) in [6.45, 7) is 5.97. The Hall–Kier alpha value is -2.75. The van der Waals surface area contributed by atoms with E-state index in [-0.39, 0.29) is 17.7 Å². The van der Waals surface area contributed by atoms with Crippen molar-refractivity contribution < 1.29 is 29.0 Å². The van der Waals surface area contributed by atoms with Gasteiger partial charge in [0, 0.05) is 25.4 Å². The molecule has 0 unspecified atom stereocenters. The van der Waals surface area contributed by atoms with Crippen molar-refractivity contribution in [3.05, 3.63) is 35.9 Å². The number of carbonyl (C=O) groups is 4. The molecule has 1 aliphatic rings. The lowest BCUT2D eigenvalue weighted by molar-refractivity contribution is -0.143. The number of carboxylic acid groups (broad SMARTS) is 1. The number of rotatable bonds is 10. The number of hydrogen-bond acceptors (Lipinski definition) is 6. The zero-order chi connectivity index (χ0) is 26.0. The molecule has 2 rings (SSSR count). The molecule has 35 heavy (non-hydrogen) atoms. The fraction of sp³-hybridized carbons (Fsp3) is 0.600. The van der Waals surface area contributed by atoms with E-state index in [9.17, 15) is 24.3 Å². The highest BCUT2D eigenvalue weighted by Gasteiger charge is 2.33. The van der Waals surface area contributed by atoms with Gasteiger partial charge in [-0.1, -0.05) is 30.3 Å². The van der Waals surface area contributed by atoms with Gasteiger partial charge in [0.1, 0.15) is 17.7 Å². The van der Waals surface area contributed by atoms with Gasteiger partial charge in [-0.3, -0.25) is 9.59 Å². The predicted octanol–water partition coefficient (Wildman–Crippen LogP) is 2.68. The molecule has 2 atom stereocenters. The number of likely N-dealkylation sites (tertiary alicyclic amines) is 1. The lowest BCUT2D eigenvalue weighted by Crippen LogP contribution is -2.53. The van der Waals surface area contributed by atoms with E-state index in [4.69, 9.17) is 4.74 Å². The number of amides is 3. The topological polar surface area (TPSA) is 125 Å². The van der Waals surface area contributed by atoms with Gasteiger partial charge in [0.15, 0.2) is 0 Å². The van der Waals surface area contributed by atoms with E-state index in [2.05, 4.69) is 10.6 Å². The molecule has 1 heterocycles. The van der Waals surface area contributed by atoms with Crippen LogP contribution in [0.1, 0.15) is 45.6 Å². The summed E-state index contributed by atoms with van der Waals surface area (Å²) in [6.07, 6.45) is 2.75. The zero-order valence-corrected chi connectivity index (χ0v) is 21.7. The third kappa shape index (κ3) is 9.79. The van der Waals surface area contributed by atoms with Crippen LogP contribution in [0.5, 0.6) is 0 Å². The normalized spacial score (nSPS) is 16.2. The molecule has 0 aromatic heterocycles. The number of nitrogens with one attached hydrogen (secondary N) is 2. The van der Waals surface area contributed by atoms with Crippen LogP contribution < -0.4 is 10.6 Å². The van der Waals surface area contributed by atoms with Crippen molar-refractivity contribution in [1.82, 2.24) is 15.5 Å². The van der Waals surface area contributed by atoms with Crippen molar-refractivity contribution >= 4 is 35.6 Å². The molecular weight excluding hydrogens is 470 g/mol. The Morgan fingerprint density at radius 3 is 2.26 bits per heavy atom. The minimum absolute atomic E-state index is 0.234. The van der Waals surface area contributed by atoms with E-state index in [0.717, 1.165) is 5.56 Å². The molecule has 3 N–H and O–H groups in total. The van der Waals surface area contributed by atoms with E-state index in [1.807, 2.05) is 36.6 Å². The smallest absolute Gasteiger partial charge is 0.408 e. The Balaban J connectivity index is 2.00. The van der Waals surface area contributed by atoms with Gasteiger partial charge in [-0.15, -0.1) is 0 Å². The summed E-state index contributed by atoms with van der Waals surface area (Å²) in [5.74, 6) is -1.30. The summed E-state index contributed by atoms with van der Waals surface area (Å²) in [7, 11) is 0. The molecule has 1 aromatic rings. The maximum atomic E-state index is 13.3. The number of carbonyl (C=O) groups excluding carboxylic acids is 3. The molecule has 0 aliphatic carbocycles. The first-order valence-electron chi connectivity index (χ1n) is 11.8. The van der Waals surface area contributed by atoms with Gasteiger partial charge in [0.05, 0.1) is 0 Å². The number of aliphatic carboxylic acids is 1. The van der Waals surface area contributed by atoms with Gasteiger partial charge >= 0.3 is 12.1 Å². The van der Waals surface area contributed by atoms with Crippen LogP contribution in [0.25, 0.3) is 0 Å². The molecule has 1 saturated heterocycles. The number of benzene rings is 1. The minimum Gasteiger partial charge on any atom is -0.480 e. The van der Waals surface area contributed by atoms with Crippen LogP contribution in [0.15, 0.2) is 30.3 Å². The van der Waals surface area contributed by atoms with Gasteiger partial charge < -0.3 is 25.4 Å². The second-order valence-electron chi connectivity index (χ2n) is 9.67. The quantitative estimate of drug-likeness (QED) is 0.445. The van der Waals surface area contributed by atoms with Crippen molar-refractivity contribution in [3.8, 4) is 0 Å². The first-order chi connectivity index (χ1) is 16.5. The monoisotopic (exact) mass is 507 g/mol. The number of ether oxygens (including phenoxy) is 1. The number of thioether (sulfide) groups is 1. The van der Waals surface area contributed by atoms with Gasteiger partial charge in [0.2, 0.25) is 11.8 Å². The highest BCUT2D eigenvalue weighted by atomic mass is 32.2. The number of nitrogens with zero attached hydrogens (tertiary/aromatic N) is 1. The first-order valence-corrected chi connectivity index (χ1v) is 13.2. The molecule has 0 saturated carbocycles. The summed E-state index contributed by atoms with van der Waals surface area (Å²) < 4.78 is 5.35. The summed E-state index contributed by atoms with van der Waals surface area (Å²) >= 11 is 1.53. The van der Waals surface area contributed by atoms with Crippen molar-refractivity contribution in [2.45, 2.75) is 64.1 Å². The fourth-order valence-electron chi connectivity index (χ4n) is 3.86. The number of carboxylic acids is 1. The second kappa shape index (κ2) is 13.4. The van der Waals surface area contributed by atoms with E-state index in [1.165, 1.54) is 11.8 Å². The molecule has 1 fully saturated rings. The molecule has 0 radical (unpaired) electrons. The first kappa shape index (κ1) is 28.5. The summed E-state index contributed by atoms with van der Waals surface area (Å²) in [4.78, 5) is 51.5. The molecule has 1 aromatic carbocycles. The van der Waals surface area contributed by atoms with Gasteiger partial charge in [-0.05, 0) is 57.6 Å². The lowest BCUT2D eigenvalue weighted by atomic mass is 9.94. The predicted molar refractivity (Wildman–Crippen MR) is 135 cm³/mol. The van der Waals surface area contributed by atoms with Crippen molar-refractivity contribution in [2.75, 3.05) is 25.1 Å². The Labute approximate surface area is 211 Å². The standard InChI is InChI=1S/C25H37N3O6S/c1-25(2,3)34-24(33)27-20(16-17-8-6-5-7-9-17)22(30)28-13-10-18(11-14-28)21(29)26-19(23(31)32)12-15-35-4/h5-9,18-20H,10-16H2,1-4H3,(H,26,29)(H,27,33)(H,31,32)/t19-,20-/m0/s1. The summed E-state index contributed by atoms with van der Waals surface area (Å²) in [5.41, 5.74) is 0.209. The summed E-state index contributed by atoms with van der Waals surface area (Å²) in [6, 6.07) is 7.69. The third-order valence-corrected chi connectivity index (χ3v) is 6.32. The van der Waals surface area contributed by atoms with Crippen molar-refractivity contribution in [3.63, 3.8) is 0 Å². The van der Waals surface area contributed by atoms with Crippen LogP contribution in [0.4, 0.5) is 4.79 Å². The molecule has 194 valence electrons.